The van der Waals surface area contributed by atoms with Gasteiger partial charge in [0.1, 0.15) is 12.4 Å². The summed E-state index contributed by atoms with van der Waals surface area (Å²) in [5.74, 6) is 1.03. The highest BCUT2D eigenvalue weighted by Crippen LogP contribution is 2.22. The van der Waals surface area contributed by atoms with Crippen molar-refractivity contribution in [2.45, 2.75) is 6.92 Å². The number of alkyl halides is 1. The van der Waals surface area contributed by atoms with Crippen molar-refractivity contribution in [2.24, 2.45) is 0 Å². The van der Waals surface area contributed by atoms with Crippen molar-refractivity contribution in [2.75, 3.05) is 12.5 Å². The molecule has 0 spiro atoms. The number of nitro benzene ring substituents is 1. The third-order valence-corrected chi connectivity index (χ3v) is 1.86. The van der Waals surface area contributed by atoms with Gasteiger partial charge in [-0.05, 0) is 18.6 Å². The van der Waals surface area contributed by atoms with Crippen molar-refractivity contribution in [3.63, 3.8) is 0 Å². The Bertz CT molecular complexity index is 341. The number of non-ortho nitro benzene ring substituents is 1. The van der Waals surface area contributed by atoms with Crippen molar-refractivity contribution < 1.29 is 9.66 Å². The van der Waals surface area contributed by atoms with E-state index in [0.717, 1.165) is 5.56 Å². The van der Waals surface area contributed by atoms with Crippen molar-refractivity contribution in [3.05, 3.63) is 33.9 Å². The van der Waals surface area contributed by atoms with Gasteiger partial charge < -0.3 is 4.74 Å². The Morgan fingerprint density at radius 3 is 2.79 bits per heavy atom. The maximum atomic E-state index is 10.4. The van der Waals surface area contributed by atoms with Gasteiger partial charge in [-0.1, -0.05) is 0 Å². The zero-order valence-electron chi connectivity index (χ0n) is 7.70. The highest BCUT2D eigenvalue weighted by molar-refractivity contribution is 6.18. The van der Waals surface area contributed by atoms with E-state index in [1.807, 2.05) is 0 Å². The fourth-order valence-corrected chi connectivity index (χ4v) is 1.13. The average Bonchev–Trinajstić information content (AvgIpc) is 2.15. The van der Waals surface area contributed by atoms with Crippen LogP contribution in [0.15, 0.2) is 18.2 Å². The van der Waals surface area contributed by atoms with Crippen LogP contribution >= 0.6 is 11.6 Å². The van der Waals surface area contributed by atoms with E-state index in [9.17, 15) is 10.1 Å². The Balaban J connectivity index is 2.84. The van der Waals surface area contributed by atoms with Crippen LogP contribution in [0.4, 0.5) is 5.69 Å². The van der Waals surface area contributed by atoms with Gasteiger partial charge >= 0.3 is 0 Å². The fourth-order valence-electron chi connectivity index (χ4n) is 1.06. The summed E-state index contributed by atoms with van der Waals surface area (Å²) in [6.45, 7) is 2.16. The van der Waals surface area contributed by atoms with Crippen LogP contribution in [0, 0.1) is 17.0 Å². The van der Waals surface area contributed by atoms with Crippen molar-refractivity contribution in [3.8, 4) is 5.75 Å². The molecule has 1 aromatic rings. The lowest BCUT2D eigenvalue weighted by Gasteiger charge is -2.06. The lowest BCUT2D eigenvalue weighted by atomic mass is 10.2. The first-order valence-electron chi connectivity index (χ1n) is 4.09. The van der Waals surface area contributed by atoms with Gasteiger partial charge in [0.15, 0.2) is 0 Å². The van der Waals surface area contributed by atoms with Gasteiger partial charge in [0.05, 0.1) is 10.8 Å². The van der Waals surface area contributed by atoms with Gasteiger partial charge in [-0.25, -0.2) is 0 Å². The predicted octanol–water partition coefficient (Wildman–Crippen LogP) is 2.52. The van der Waals surface area contributed by atoms with Gasteiger partial charge in [0.25, 0.3) is 5.69 Å². The zero-order chi connectivity index (χ0) is 10.6. The first-order valence-corrected chi connectivity index (χ1v) is 4.62. The molecule has 0 N–H and O–H groups in total. The number of hydrogen-bond donors (Lipinski definition) is 0. The molecule has 0 aliphatic rings. The van der Waals surface area contributed by atoms with E-state index in [1.54, 1.807) is 13.0 Å². The molecule has 0 fully saturated rings. The summed E-state index contributed by atoms with van der Waals surface area (Å²) in [7, 11) is 0. The van der Waals surface area contributed by atoms with Gasteiger partial charge in [0.2, 0.25) is 0 Å². The number of hydrogen-bond acceptors (Lipinski definition) is 3. The smallest absolute Gasteiger partial charge is 0.269 e. The molecule has 0 unspecified atom stereocenters. The molecule has 0 saturated carbocycles. The summed E-state index contributed by atoms with van der Waals surface area (Å²) in [6.07, 6.45) is 0. The Morgan fingerprint density at radius 2 is 2.29 bits per heavy atom. The van der Waals surface area contributed by atoms with Crippen LogP contribution in [0.1, 0.15) is 5.56 Å². The van der Waals surface area contributed by atoms with Crippen LogP contribution in [0.3, 0.4) is 0 Å². The second-order valence-corrected chi connectivity index (χ2v) is 3.12. The van der Waals surface area contributed by atoms with E-state index < -0.39 is 4.92 Å². The van der Waals surface area contributed by atoms with E-state index in [-0.39, 0.29) is 5.69 Å². The molecular weight excluding hydrogens is 206 g/mol. The Labute approximate surface area is 86.6 Å². The van der Waals surface area contributed by atoms with Crippen LogP contribution in [-0.4, -0.2) is 17.4 Å². The van der Waals surface area contributed by atoms with Crippen molar-refractivity contribution in [1.29, 1.82) is 0 Å². The van der Waals surface area contributed by atoms with Gasteiger partial charge in [-0.3, -0.25) is 10.1 Å². The highest BCUT2D eigenvalue weighted by Gasteiger charge is 2.08. The molecule has 0 bridgehead atoms. The van der Waals surface area contributed by atoms with Crippen LogP contribution in [0.2, 0.25) is 0 Å². The van der Waals surface area contributed by atoms with Crippen LogP contribution in [0.25, 0.3) is 0 Å². The molecule has 0 aliphatic heterocycles. The van der Waals surface area contributed by atoms with Crippen molar-refractivity contribution in [1.82, 2.24) is 0 Å². The predicted molar refractivity (Wildman–Crippen MR) is 54.0 cm³/mol. The van der Waals surface area contributed by atoms with E-state index in [4.69, 9.17) is 16.3 Å². The highest BCUT2D eigenvalue weighted by atomic mass is 35.5. The van der Waals surface area contributed by atoms with Crippen LogP contribution in [0.5, 0.6) is 5.75 Å². The number of ether oxygens (including phenoxy) is 1. The normalized spacial score (nSPS) is 9.86. The number of rotatable bonds is 4. The Kier molecular flexibility index (Phi) is 3.71. The lowest BCUT2D eigenvalue weighted by Crippen LogP contribution is -2.00. The minimum Gasteiger partial charge on any atom is -0.492 e. The van der Waals surface area contributed by atoms with Gasteiger partial charge in [-0.2, -0.15) is 0 Å². The minimum atomic E-state index is -0.432. The number of nitro groups is 1. The minimum absolute atomic E-state index is 0.0701. The topological polar surface area (TPSA) is 52.4 Å². The summed E-state index contributed by atoms with van der Waals surface area (Å²) in [5.41, 5.74) is 0.810. The maximum Gasteiger partial charge on any atom is 0.269 e. The Morgan fingerprint density at radius 1 is 1.57 bits per heavy atom. The Hall–Kier alpha value is -1.29. The first-order chi connectivity index (χ1) is 6.65. The largest absolute Gasteiger partial charge is 0.492 e. The summed E-state index contributed by atoms with van der Waals surface area (Å²) in [5, 5.41) is 10.4. The number of halogens is 1. The van der Waals surface area contributed by atoms with E-state index in [0.29, 0.717) is 18.2 Å². The van der Waals surface area contributed by atoms with Crippen molar-refractivity contribution >= 4 is 17.3 Å². The maximum absolute atomic E-state index is 10.4. The number of aryl methyl sites for hydroxylation is 1. The summed E-state index contributed by atoms with van der Waals surface area (Å²) in [6, 6.07) is 4.47. The molecule has 0 heterocycles. The average molecular weight is 216 g/mol. The molecular formula is C9H10ClNO3. The lowest BCUT2D eigenvalue weighted by molar-refractivity contribution is -0.384. The monoisotopic (exact) mass is 215 g/mol. The first kappa shape index (κ1) is 10.8. The molecule has 0 atom stereocenters. The molecule has 1 rings (SSSR count). The van der Waals surface area contributed by atoms with E-state index in [2.05, 4.69) is 0 Å². The third-order valence-electron chi connectivity index (χ3n) is 1.70. The summed E-state index contributed by atoms with van der Waals surface area (Å²) in [4.78, 5) is 9.99. The molecule has 0 radical (unpaired) electrons. The summed E-state index contributed by atoms with van der Waals surface area (Å²) >= 11 is 5.45. The molecule has 0 aromatic heterocycles. The zero-order valence-corrected chi connectivity index (χ0v) is 8.45. The molecule has 1 aromatic carbocycles. The van der Waals surface area contributed by atoms with Crippen LogP contribution in [-0.2, 0) is 0 Å². The molecule has 0 saturated heterocycles. The van der Waals surface area contributed by atoms with Gasteiger partial charge in [-0.15, -0.1) is 11.6 Å². The molecule has 0 amide bonds. The fraction of sp³-hybridized carbons (Fsp3) is 0.333. The number of benzene rings is 1. The standard InChI is InChI=1S/C9H10ClNO3/c1-7-6-8(11(12)13)2-3-9(7)14-5-4-10/h2-3,6H,4-5H2,1H3. The SMILES string of the molecule is Cc1cc([N+](=O)[O-])ccc1OCCCl. The molecule has 0 aliphatic carbocycles. The van der Waals surface area contributed by atoms with Crippen LogP contribution < -0.4 is 4.74 Å². The second-order valence-electron chi connectivity index (χ2n) is 2.74. The summed E-state index contributed by atoms with van der Waals surface area (Å²) < 4.78 is 5.27. The second kappa shape index (κ2) is 4.81. The molecule has 76 valence electrons. The van der Waals surface area contributed by atoms with E-state index >= 15 is 0 Å². The molecule has 14 heavy (non-hydrogen) atoms. The molecule has 5 heteroatoms. The van der Waals surface area contributed by atoms with Gasteiger partial charge in [0, 0.05) is 12.1 Å². The quantitative estimate of drug-likeness (QED) is 0.441. The van der Waals surface area contributed by atoms with E-state index in [1.165, 1.54) is 12.1 Å². The third kappa shape index (κ3) is 2.60. The molecule has 4 nitrogen and oxygen atoms in total. The number of nitrogens with zero attached hydrogens (tertiary/aromatic N) is 1.